The van der Waals surface area contributed by atoms with Gasteiger partial charge in [0.05, 0.1) is 18.3 Å². The Morgan fingerprint density at radius 2 is 1.73 bits per heavy atom. The van der Waals surface area contributed by atoms with Crippen molar-refractivity contribution in [1.82, 2.24) is 20.6 Å². The zero-order valence-electron chi connectivity index (χ0n) is 14.7. The highest BCUT2D eigenvalue weighted by Crippen LogP contribution is 2.10. The molecule has 0 saturated carbocycles. The zero-order valence-corrected chi connectivity index (χ0v) is 14.7. The van der Waals surface area contributed by atoms with E-state index >= 15 is 0 Å². The molecule has 0 radical (unpaired) electrons. The van der Waals surface area contributed by atoms with Crippen molar-refractivity contribution in [3.05, 3.63) is 88.7 Å². The van der Waals surface area contributed by atoms with E-state index in [4.69, 9.17) is 0 Å². The van der Waals surface area contributed by atoms with Gasteiger partial charge in [-0.25, -0.2) is 0 Å². The number of hydrogen-bond acceptors (Lipinski definition) is 3. The molecule has 2 aromatic carbocycles. The molecule has 0 unspecified atom stereocenters. The lowest BCUT2D eigenvalue weighted by atomic mass is 10.1. The molecule has 3 rings (SSSR count). The minimum absolute atomic E-state index is 0.354. The molecule has 1 aromatic heterocycles. The average Bonchev–Trinajstić information content (AvgIpc) is 3.09. The number of carbonyl (C=O) groups is 2. The summed E-state index contributed by atoms with van der Waals surface area (Å²) in [6.45, 7) is 4.39. The zero-order chi connectivity index (χ0) is 18.5. The fraction of sp³-hybridized carbons (Fsp3) is 0.150. The summed E-state index contributed by atoms with van der Waals surface area (Å²) in [5.41, 5.74) is 8.79. The molecule has 1 heterocycles. The molecule has 0 fully saturated rings. The number of nitrogens with zero attached hydrogens (tertiary/aromatic N) is 2. The van der Waals surface area contributed by atoms with E-state index in [1.807, 2.05) is 56.3 Å². The van der Waals surface area contributed by atoms with E-state index in [2.05, 4.69) is 16.0 Å². The highest BCUT2D eigenvalue weighted by atomic mass is 16.2. The van der Waals surface area contributed by atoms with Gasteiger partial charge in [-0.05, 0) is 31.0 Å². The molecule has 132 valence electrons. The maximum Gasteiger partial charge on any atom is 0.272 e. The molecule has 26 heavy (non-hydrogen) atoms. The number of hydrogen-bond donors (Lipinski definition) is 2. The van der Waals surface area contributed by atoms with E-state index in [0.29, 0.717) is 17.7 Å². The molecule has 0 spiro atoms. The van der Waals surface area contributed by atoms with Crippen LogP contribution in [0.5, 0.6) is 0 Å². The number of hydrazine groups is 1. The van der Waals surface area contributed by atoms with Crippen molar-refractivity contribution < 1.29 is 9.59 Å². The van der Waals surface area contributed by atoms with Crippen molar-refractivity contribution in [2.75, 3.05) is 0 Å². The summed E-state index contributed by atoms with van der Waals surface area (Å²) >= 11 is 0. The Morgan fingerprint density at radius 1 is 1.00 bits per heavy atom. The Kier molecular flexibility index (Phi) is 5.12. The molecule has 2 amide bonds. The molecule has 0 atom stereocenters. The monoisotopic (exact) mass is 348 g/mol. The van der Waals surface area contributed by atoms with Crippen LogP contribution >= 0.6 is 0 Å². The summed E-state index contributed by atoms with van der Waals surface area (Å²) in [7, 11) is 0. The Hall–Kier alpha value is -3.41. The van der Waals surface area contributed by atoms with Gasteiger partial charge in [-0.2, -0.15) is 5.10 Å². The number of aryl methyl sites for hydroxylation is 2. The van der Waals surface area contributed by atoms with Crippen LogP contribution in [0, 0.1) is 13.8 Å². The predicted molar refractivity (Wildman–Crippen MR) is 98.6 cm³/mol. The summed E-state index contributed by atoms with van der Waals surface area (Å²) in [5.74, 6) is -0.769. The number of nitrogens with one attached hydrogen (secondary N) is 2. The lowest BCUT2D eigenvalue weighted by Crippen LogP contribution is -2.41. The molecule has 0 aliphatic heterocycles. The van der Waals surface area contributed by atoms with Crippen LogP contribution in [0.25, 0.3) is 0 Å². The van der Waals surface area contributed by atoms with E-state index < -0.39 is 5.91 Å². The van der Waals surface area contributed by atoms with Crippen molar-refractivity contribution in [2.24, 2.45) is 0 Å². The van der Waals surface area contributed by atoms with E-state index in [9.17, 15) is 9.59 Å². The van der Waals surface area contributed by atoms with E-state index in [1.54, 1.807) is 16.9 Å². The highest BCUT2D eigenvalue weighted by molar-refractivity contribution is 5.99. The van der Waals surface area contributed by atoms with Gasteiger partial charge >= 0.3 is 0 Å². The van der Waals surface area contributed by atoms with Crippen molar-refractivity contribution in [3.63, 3.8) is 0 Å². The van der Waals surface area contributed by atoms with Crippen molar-refractivity contribution in [3.8, 4) is 0 Å². The fourth-order valence-corrected chi connectivity index (χ4v) is 2.66. The highest BCUT2D eigenvalue weighted by Gasteiger charge is 2.12. The Balaban J connectivity index is 1.59. The van der Waals surface area contributed by atoms with Crippen molar-refractivity contribution in [2.45, 2.75) is 20.4 Å². The molecule has 6 heteroatoms. The van der Waals surface area contributed by atoms with Gasteiger partial charge in [-0.15, -0.1) is 0 Å². The maximum absolute atomic E-state index is 12.2. The average molecular weight is 348 g/mol. The third-order valence-electron chi connectivity index (χ3n) is 4.00. The van der Waals surface area contributed by atoms with E-state index in [1.165, 1.54) is 6.20 Å². The molecule has 0 bridgehead atoms. The van der Waals surface area contributed by atoms with Crippen LogP contribution in [-0.4, -0.2) is 21.6 Å². The van der Waals surface area contributed by atoms with Crippen LogP contribution in [0.1, 0.15) is 37.4 Å². The van der Waals surface area contributed by atoms with Crippen molar-refractivity contribution in [1.29, 1.82) is 0 Å². The number of aromatic nitrogens is 2. The van der Waals surface area contributed by atoms with Crippen LogP contribution < -0.4 is 10.9 Å². The molecule has 0 saturated heterocycles. The van der Waals surface area contributed by atoms with Crippen LogP contribution in [0.3, 0.4) is 0 Å². The Bertz CT molecular complexity index is 932. The second-order valence-corrected chi connectivity index (χ2v) is 6.14. The van der Waals surface area contributed by atoms with Gasteiger partial charge in [0.15, 0.2) is 0 Å². The number of rotatable bonds is 4. The van der Waals surface area contributed by atoms with Crippen molar-refractivity contribution >= 4 is 11.8 Å². The second-order valence-electron chi connectivity index (χ2n) is 6.14. The summed E-state index contributed by atoms with van der Waals surface area (Å²) in [5, 5.41) is 4.18. The normalized spacial score (nSPS) is 10.4. The first-order valence-corrected chi connectivity index (χ1v) is 8.27. The Morgan fingerprint density at radius 3 is 2.46 bits per heavy atom. The molecule has 3 aromatic rings. The smallest absolute Gasteiger partial charge is 0.268 e. The van der Waals surface area contributed by atoms with Crippen LogP contribution in [0.15, 0.2) is 60.9 Å². The third kappa shape index (κ3) is 4.16. The van der Waals surface area contributed by atoms with Crippen LogP contribution in [-0.2, 0) is 6.54 Å². The quantitative estimate of drug-likeness (QED) is 0.712. The first kappa shape index (κ1) is 17.4. The van der Waals surface area contributed by atoms with Gasteiger partial charge < -0.3 is 0 Å². The first-order chi connectivity index (χ1) is 12.5. The number of amides is 2. The summed E-state index contributed by atoms with van der Waals surface area (Å²) in [6.07, 6.45) is 3.12. The molecular weight excluding hydrogens is 328 g/mol. The lowest BCUT2D eigenvalue weighted by Gasteiger charge is -2.09. The van der Waals surface area contributed by atoms with E-state index in [0.717, 1.165) is 16.7 Å². The SMILES string of the molecule is Cc1ccc(C(=O)NNC(=O)c2cnn(Cc3ccccc3)c2)c(C)c1. The third-order valence-corrected chi connectivity index (χ3v) is 4.00. The number of benzene rings is 2. The van der Waals surface area contributed by atoms with Crippen LogP contribution in [0.4, 0.5) is 0 Å². The van der Waals surface area contributed by atoms with Gasteiger partial charge in [0.2, 0.25) is 0 Å². The number of carbonyl (C=O) groups excluding carboxylic acids is 2. The molecular formula is C20H20N4O2. The summed E-state index contributed by atoms with van der Waals surface area (Å²) in [4.78, 5) is 24.4. The predicted octanol–water partition coefficient (Wildman–Crippen LogP) is 2.62. The second kappa shape index (κ2) is 7.65. The largest absolute Gasteiger partial charge is 0.272 e. The molecule has 0 aliphatic rings. The fourth-order valence-electron chi connectivity index (χ4n) is 2.66. The van der Waals surface area contributed by atoms with Gasteiger partial charge in [-0.3, -0.25) is 25.1 Å². The van der Waals surface area contributed by atoms with E-state index in [-0.39, 0.29) is 5.91 Å². The van der Waals surface area contributed by atoms with Gasteiger partial charge in [-0.1, -0.05) is 48.0 Å². The molecule has 0 aliphatic carbocycles. The minimum atomic E-state index is -0.414. The first-order valence-electron chi connectivity index (χ1n) is 8.27. The van der Waals surface area contributed by atoms with Gasteiger partial charge in [0.25, 0.3) is 11.8 Å². The topological polar surface area (TPSA) is 76.0 Å². The summed E-state index contributed by atoms with van der Waals surface area (Å²) < 4.78 is 1.68. The lowest BCUT2D eigenvalue weighted by molar-refractivity contribution is 0.0846. The van der Waals surface area contributed by atoms with Gasteiger partial charge in [0, 0.05) is 11.8 Å². The molecule has 2 N–H and O–H groups in total. The maximum atomic E-state index is 12.2. The minimum Gasteiger partial charge on any atom is -0.268 e. The standard InChI is InChI=1S/C20H20N4O2/c1-14-8-9-18(15(2)10-14)20(26)23-22-19(25)17-11-21-24(13-17)12-16-6-4-3-5-7-16/h3-11,13H,12H2,1-2H3,(H,22,25)(H,23,26). The molecule has 6 nitrogen and oxygen atoms in total. The van der Waals surface area contributed by atoms with Crippen LogP contribution in [0.2, 0.25) is 0 Å². The van der Waals surface area contributed by atoms with Gasteiger partial charge in [0.1, 0.15) is 0 Å². The Labute approximate surface area is 151 Å². The summed E-state index contributed by atoms with van der Waals surface area (Å²) in [6, 6.07) is 15.4.